The van der Waals surface area contributed by atoms with Crippen LogP contribution in [0.1, 0.15) is 27.8 Å². The van der Waals surface area contributed by atoms with E-state index in [-0.39, 0.29) is 0 Å². The van der Waals surface area contributed by atoms with E-state index in [0.29, 0.717) is 34.9 Å². The van der Waals surface area contributed by atoms with Crippen LogP contribution in [-0.2, 0) is 23.0 Å². The van der Waals surface area contributed by atoms with Gasteiger partial charge in [-0.15, -0.1) is 0 Å². The first-order valence-electron chi connectivity index (χ1n) is 7.92. The molecule has 0 amide bonds. The van der Waals surface area contributed by atoms with Gasteiger partial charge in [-0.3, -0.25) is 0 Å². The summed E-state index contributed by atoms with van der Waals surface area (Å²) in [5.41, 5.74) is 4.58. The van der Waals surface area contributed by atoms with Gasteiger partial charge in [-0.05, 0) is 67.1 Å². The predicted octanol–water partition coefficient (Wildman–Crippen LogP) is 3.24. The van der Waals surface area contributed by atoms with E-state index in [4.69, 9.17) is 4.74 Å². The highest BCUT2D eigenvalue weighted by Gasteiger charge is 2.31. The van der Waals surface area contributed by atoms with Crippen molar-refractivity contribution < 1.29 is 13.2 Å². The summed E-state index contributed by atoms with van der Waals surface area (Å²) in [5, 5.41) is 0. The van der Waals surface area contributed by atoms with Crippen molar-refractivity contribution in [2.75, 3.05) is 13.7 Å². The lowest BCUT2D eigenvalue weighted by Gasteiger charge is -2.29. The average Bonchev–Trinajstić information content (AvgIpc) is 2.53. The van der Waals surface area contributed by atoms with E-state index in [2.05, 4.69) is 6.92 Å². The van der Waals surface area contributed by atoms with Crippen molar-refractivity contribution in [1.29, 1.82) is 0 Å². The van der Waals surface area contributed by atoms with Gasteiger partial charge in [0.25, 0.3) is 0 Å². The topological polar surface area (TPSA) is 46.6 Å². The highest BCUT2D eigenvalue weighted by molar-refractivity contribution is 7.89. The Morgan fingerprint density at radius 3 is 2.38 bits per heavy atom. The summed E-state index contributed by atoms with van der Waals surface area (Å²) in [7, 11) is -1.96. The Hall–Kier alpha value is -1.85. The molecule has 1 aliphatic heterocycles. The molecule has 0 aromatic heterocycles. The zero-order chi connectivity index (χ0) is 17.5. The first kappa shape index (κ1) is 17.0. The molecule has 0 saturated carbocycles. The Kier molecular flexibility index (Phi) is 4.40. The SMILES string of the molecule is [CH2]c1ccc2c(c1)CN(S(=O)(=O)c1c(C)cc(OC)cc1C)CC2. The van der Waals surface area contributed by atoms with Crippen LogP contribution in [-0.4, -0.2) is 26.4 Å². The Labute approximate surface area is 144 Å². The van der Waals surface area contributed by atoms with Gasteiger partial charge < -0.3 is 4.74 Å². The van der Waals surface area contributed by atoms with Crippen LogP contribution < -0.4 is 4.74 Å². The molecule has 1 heterocycles. The van der Waals surface area contributed by atoms with Gasteiger partial charge in [0.15, 0.2) is 0 Å². The van der Waals surface area contributed by atoms with Crippen molar-refractivity contribution in [3.63, 3.8) is 0 Å². The zero-order valence-corrected chi connectivity index (χ0v) is 15.1. The normalized spacial score (nSPS) is 15.2. The largest absolute Gasteiger partial charge is 0.497 e. The summed E-state index contributed by atoms with van der Waals surface area (Å²) < 4.78 is 33.2. The van der Waals surface area contributed by atoms with Crippen LogP contribution >= 0.6 is 0 Å². The van der Waals surface area contributed by atoms with Crippen LogP contribution in [0.5, 0.6) is 5.75 Å². The maximum absolute atomic E-state index is 13.2. The Bertz CT molecular complexity index is 864. The second kappa shape index (κ2) is 6.22. The third-order valence-electron chi connectivity index (χ3n) is 4.52. The Morgan fingerprint density at radius 2 is 1.75 bits per heavy atom. The fourth-order valence-corrected chi connectivity index (χ4v) is 5.18. The molecule has 5 heteroatoms. The lowest BCUT2D eigenvalue weighted by Crippen LogP contribution is -2.36. The molecule has 0 N–H and O–H groups in total. The molecule has 2 aromatic rings. The highest BCUT2D eigenvalue weighted by Crippen LogP contribution is 2.31. The van der Waals surface area contributed by atoms with Crippen molar-refractivity contribution in [2.45, 2.75) is 31.7 Å². The standard InChI is InChI=1S/C19H22NO3S/c1-13-5-6-16-7-8-20(12-17(16)9-13)24(21,22)19-14(2)10-18(23-4)11-15(19)3/h5-6,9-11H,1,7-8,12H2,2-4H3. The van der Waals surface area contributed by atoms with Crippen molar-refractivity contribution in [1.82, 2.24) is 4.31 Å². The first-order chi connectivity index (χ1) is 11.3. The number of sulfonamides is 1. The Balaban J connectivity index is 2.01. The summed E-state index contributed by atoms with van der Waals surface area (Å²) in [6.07, 6.45) is 0.725. The smallest absolute Gasteiger partial charge is 0.243 e. The third-order valence-corrected chi connectivity index (χ3v) is 6.67. The lowest BCUT2D eigenvalue weighted by atomic mass is 9.99. The molecule has 0 aliphatic carbocycles. The second-order valence-corrected chi connectivity index (χ2v) is 8.16. The second-order valence-electron chi connectivity index (χ2n) is 6.28. The van der Waals surface area contributed by atoms with E-state index in [1.807, 2.05) is 32.0 Å². The van der Waals surface area contributed by atoms with Gasteiger partial charge in [-0.1, -0.05) is 18.2 Å². The van der Waals surface area contributed by atoms with E-state index in [1.54, 1.807) is 23.5 Å². The van der Waals surface area contributed by atoms with Crippen molar-refractivity contribution in [2.24, 2.45) is 0 Å². The van der Waals surface area contributed by atoms with Crippen LogP contribution in [0.2, 0.25) is 0 Å². The fraction of sp³-hybridized carbons (Fsp3) is 0.316. The monoisotopic (exact) mass is 344 g/mol. The molecular formula is C19H22NO3S. The van der Waals surface area contributed by atoms with Crippen LogP contribution in [0.25, 0.3) is 0 Å². The Morgan fingerprint density at radius 1 is 1.08 bits per heavy atom. The molecule has 0 spiro atoms. The zero-order valence-electron chi connectivity index (χ0n) is 14.3. The number of hydrogen-bond donors (Lipinski definition) is 0. The van der Waals surface area contributed by atoms with Gasteiger partial charge in [-0.2, -0.15) is 4.31 Å². The molecule has 0 atom stereocenters. The average molecular weight is 344 g/mol. The number of aryl methyl sites for hydroxylation is 2. The van der Waals surface area contributed by atoms with Crippen LogP contribution in [0.15, 0.2) is 35.2 Å². The molecule has 1 aliphatic rings. The molecule has 0 fully saturated rings. The number of rotatable bonds is 3. The molecule has 127 valence electrons. The molecule has 0 saturated heterocycles. The summed E-state index contributed by atoms with van der Waals surface area (Å²) >= 11 is 0. The first-order valence-corrected chi connectivity index (χ1v) is 9.36. The summed E-state index contributed by atoms with van der Waals surface area (Å²) in [6, 6.07) is 9.54. The maximum Gasteiger partial charge on any atom is 0.243 e. The number of methoxy groups -OCH3 is 1. The van der Waals surface area contributed by atoms with Gasteiger partial charge in [0.1, 0.15) is 5.75 Å². The fourth-order valence-electron chi connectivity index (χ4n) is 3.35. The highest BCUT2D eigenvalue weighted by atomic mass is 32.2. The lowest BCUT2D eigenvalue weighted by molar-refractivity contribution is 0.390. The number of nitrogens with zero attached hydrogens (tertiary/aromatic N) is 1. The number of ether oxygens (including phenoxy) is 1. The van der Waals surface area contributed by atoms with E-state index in [1.165, 1.54) is 5.56 Å². The van der Waals surface area contributed by atoms with E-state index < -0.39 is 10.0 Å². The molecule has 24 heavy (non-hydrogen) atoms. The van der Waals surface area contributed by atoms with Crippen molar-refractivity contribution >= 4 is 10.0 Å². The predicted molar refractivity (Wildman–Crippen MR) is 94.7 cm³/mol. The van der Waals surface area contributed by atoms with Crippen LogP contribution in [0.3, 0.4) is 0 Å². The van der Waals surface area contributed by atoms with Gasteiger partial charge in [0, 0.05) is 13.1 Å². The van der Waals surface area contributed by atoms with E-state index in [9.17, 15) is 8.42 Å². The molecule has 1 radical (unpaired) electrons. The van der Waals surface area contributed by atoms with Gasteiger partial charge >= 0.3 is 0 Å². The number of benzene rings is 2. The number of hydrogen-bond acceptors (Lipinski definition) is 3. The third kappa shape index (κ3) is 2.94. The molecular weight excluding hydrogens is 322 g/mol. The summed E-state index contributed by atoms with van der Waals surface area (Å²) in [5.74, 6) is 0.676. The number of fused-ring (bicyclic) bond motifs is 1. The van der Waals surface area contributed by atoms with Gasteiger partial charge in [-0.25, -0.2) is 8.42 Å². The minimum atomic E-state index is -3.55. The maximum atomic E-state index is 13.2. The summed E-state index contributed by atoms with van der Waals surface area (Å²) in [6.45, 7) is 8.46. The van der Waals surface area contributed by atoms with Gasteiger partial charge in [0.05, 0.1) is 12.0 Å². The molecule has 0 bridgehead atoms. The molecule has 4 nitrogen and oxygen atoms in total. The molecule has 2 aromatic carbocycles. The van der Waals surface area contributed by atoms with Crippen LogP contribution in [0.4, 0.5) is 0 Å². The van der Waals surface area contributed by atoms with E-state index >= 15 is 0 Å². The minimum absolute atomic E-state index is 0.387. The van der Waals surface area contributed by atoms with Crippen LogP contribution in [0, 0.1) is 20.8 Å². The van der Waals surface area contributed by atoms with Gasteiger partial charge in [0.2, 0.25) is 10.0 Å². The van der Waals surface area contributed by atoms with E-state index in [0.717, 1.165) is 17.5 Å². The minimum Gasteiger partial charge on any atom is -0.497 e. The molecule has 3 rings (SSSR count). The van der Waals surface area contributed by atoms with Crippen molar-refractivity contribution in [3.8, 4) is 5.75 Å². The van der Waals surface area contributed by atoms with Crippen molar-refractivity contribution in [3.05, 3.63) is 65.1 Å². The quantitative estimate of drug-likeness (QED) is 0.859. The summed E-state index contributed by atoms with van der Waals surface area (Å²) in [4.78, 5) is 0.387. The molecule has 0 unspecified atom stereocenters.